The SMILES string of the molecule is O=C(COC(=O)C[C@H]1CCS(=O)(=O)C1)Nc1ccc(F)c(Cl)c1. The Bertz CT molecular complexity index is 722. The van der Waals surface area contributed by atoms with Gasteiger partial charge in [0.25, 0.3) is 5.91 Å². The maximum absolute atomic E-state index is 13.0. The summed E-state index contributed by atoms with van der Waals surface area (Å²) in [6, 6.07) is 3.66. The summed E-state index contributed by atoms with van der Waals surface area (Å²) in [4.78, 5) is 23.2. The predicted octanol–water partition coefficient (Wildman–Crippen LogP) is 1.79. The minimum absolute atomic E-state index is 0.0254. The Hall–Kier alpha value is -1.67. The number of benzene rings is 1. The fourth-order valence-electron chi connectivity index (χ4n) is 2.24. The van der Waals surface area contributed by atoms with Gasteiger partial charge in [0.05, 0.1) is 16.5 Å². The summed E-state index contributed by atoms with van der Waals surface area (Å²) in [6.07, 6.45) is 0.395. The normalized spacial score (nSPS) is 19.3. The third-order valence-corrected chi connectivity index (χ3v) is 5.48. The Morgan fingerprint density at radius 3 is 2.74 bits per heavy atom. The second-order valence-corrected chi connectivity index (χ2v) is 7.95. The van der Waals surface area contributed by atoms with Crippen LogP contribution in [0.5, 0.6) is 0 Å². The van der Waals surface area contributed by atoms with Crippen molar-refractivity contribution in [2.24, 2.45) is 5.92 Å². The van der Waals surface area contributed by atoms with Crippen molar-refractivity contribution in [3.05, 3.63) is 29.0 Å². The summed E-state index contributed by atoms with van der Waals surface area (Å²) < 4.78 is 40.4. The van der Waals surface area contributed by atoms with Crippen molar-refractivity contribution in [2.45, 2.75) is 12.8 Å². The van der Waals surface area contributed by atoms with Gasteiger partial charge < -0.3 is 10.1 Å². The van der Waals surface area contributed by atoms with Gasteiger partial charge in [0.1, 0.15) is 5.82 Å². The summed E-state index contributed by atoms with van der Waals surface area (Å²) in [5.74, 6) is -2.03. The number of rotatable bonds is 5. The third kappa shape index (κ3) is 5.47. The van der Waals surface area contributed by atoms with Crippen molar-refractivity contribution >= 4 is 39.0 Å². The van der Waals surface area contributed by atoms with Gasteiger partial charge in [-0.2, -0.15) is 0 Å². The topological polar surface area (TPSA) is 89.5 Å². The smallest absolute Gasteiger partial charge is 0.306 e. The van der Waals surface area contributed by atoms with Gasteiger partial charge in [-0.1, -0.05) is 11.6 Å². The molecule has 0 radical (unpaired) electrons. The van der Waals surface area contributed by atoms with Crippen LogP contribution in [0.4, 0.5) is 10.1 Å². The molecule has 6 nitrogen and oxygen atoms in total. The van der Waals surface area contributed by atoms with Crippen molar-refractivity contribution in [1.29, 1.82) is 0 Å². The highest BCUT2D eigenvalue weighted by Gasteiger charge is 2.29. The van der Waals surface area contributed by atoms with E-state index in [1.165, 1.54) is 12.1 Å². The van der Waals surface area contributed by atoms with E-state index < -0.39 is 34.1 Å². The van der Waals surface area contributed by atoms with Crippen molar-refractivity contribution in [1.82, 2.24) is 0 Å². The zero-order valence-electron chi connectivity index (χ0n) is 12.1. The lowest BCUT2D eigenvalue weighted by atomic mass is 10.1. The van der Waals surface area contributed by atoms with Crippen molar-refractivity contribution < 1.29 is 27.1 Å². The van der Waals surface area contributed by atoms with Crippen LogP contribution in [0, 0.1) is 11.7 Å². The molecule has 1 heterocycles. The molecule has 0 bridgehead atoms. The highest BCUT2D eigenvalue weighted by Crippen LogP contribution is 2.22. The molecular formula is C14H15ClFNO5S. The van der Waals surface area contributed by atoms with Crippen LogP contribution in [0.25, 0.3) is 0 Å². The molecule has 0 unspecified atom stereocenters. The van der Waals surface area contributed by atoms with E-state index in [-0.39, 0.29) is 34.6 Å². The molecule has 126 valence electrons. The fraction of sp³-hybridized carbons (Fsp3) is 0.429. The molecular weight excluding hydrogens is 349 g/mol. The van der Waals surface area contributed by atoms with E-state index in [1.54, 1.807) is 0 Å². The molecule has 1 N–H and O–H groups in total. The van der Waals surface area contributed by atoms with Crippen LogP contribution < -0.4 is 5.32 Å². The Morgan fingerprint density at radius 1 is 1.39 bits per heavy atom. The molecule has 1 aromatic carbocycles. The number of esters is 1. The number of halogens is 2. The Morgan fingerprint density at radius 2 is 2.13 bits per heavy atom. The van der Waals surface area contributed by atoms with Gasteiger partial charge in [0.15, 0.2) is 16.4 Å². The van der Waals surface area contributed by atoms with Gasteiger partial charge in [-0.3, -0.25) is 9.59 Å². The zero-order valence-corrected chi connectivity index (χ0v) is 13.6. The molecule has 1 fully saturated rings. The summed E-state index contributed by atoms with van der Waals surface area (Å²) >= 11 is 5.58. The number of carbonyl (C=O) groups is 2. The van der Waals surface area contributed by atoms with Gasteiger partial charge in [0, 0.05) is 12.1 Å². The van der Waals surface area contributed by atoms with Gasteiger partial charge in [-0.15, -0.1) is 0 Å². The standard InChI is InChI=1S/C14H15ClFNO5S/c15-11-6-10(1-2-12(11)16)17-13(18)7-22-14(19)5-9-3-4-23(20,21)8-9/h1-2,6,9H,3-5,7-8H2,(H,17,18)/t9-/m1/s1. The molecule has 1 amide bonds. The second kappa shape index (κ2) is 7.27. The minimum Gasteiger partial charge on any atom is -0.456 e. The lowest BCUT2D eigenvalue weighted by Gasteiger charge is -2.09. The van der Waals surface area contributed by atoms with Crippen LogP contribution in [-0.2, 0) is 24.2 Å². The van der Waals surface area contributed by atoms with E-state index in [9.17, 15) is 22.4 Å². The first-order valence-electron chi connectivity index (χ1n) is 6.86. The first-order valence-corrected chi connectivity index (χ1v) is 9.06. The van der Waals surface area contributed by atoms with Crippen LogP contribution in [-0.4, -0.2) is 38.4 Å². The monoisotopic (exact) mass is 363 g/mol. The molecule has 1 aliphatic heterocycles. The summed E-state index contributed by atoms with van der Waals surface area (Å²) in [5, 5.41) is 2.27. The number of carbonyl (C=O) groups excluding carboxylic acids is 2. The average Bonchev–Trinajstić information content (AvgIpc) is 2.80. The number of amides is 1. The van der Waals surface area contributed by atoms with Gasteiger partial charge in [-0.05, 0) is 30.5 Å². The van der Waals surface area contributed by atoms with E-state index in [0.29, 0.717) is 6.42 Å². The van der Waals surface area contributed by atoms with E-state index in [2.05, 4.69) is 5.32 Å². The van der Waals surface area contributed by atoms with E-state index >= 15 is 0 Å². The van der Waals surface area contributed by atoms with Crippen LogP contribution in [0.1, 0.15) is 12.8 Å². The number of anilines is 1. The molecule has 1 saturated heterocycles. The maximum Gasteiger partial charge on any atom is 0.306 e. The minimum atomic E-state index is -3.05. The average molecular weight is 364 g/mol. The zero-order chi connectivity index (χ0) is 17.0. The van der Waals surface area contributed by atoms with Crippen molar-refractivity contribution in [2.75, 3.05) is 23.4 Å². The van der Waals surface area contributed by atoms with Crippen LogP contribution in [0.3, 0.4) is 0 Å². The van der Waals surface area contributed by atoms with Crippen LogP contribution in [0.2, 0.25) is 5.02 Å². The van der Waals surface area contributed by atoms with Crippen LogP contribution in [0.15, 0.2) is 18.2 Å². The van der Waals surface area contributed by atoms with Crippen LogP contribution >= 0.6 is 11.6 Å². The lowest BCUT2D eigenvalue weighted by Crippen LogP contribution is -2.22. The molecule has 2 rings (SSSR count). The summed E-state index contributed by atoms with van der Waals surface area (Å²) in [7, 11) is -3.05. The molecule has 0 aliphatic carbocycles. The molecule has 0 spiro atoms. The number of ether oxygens (including phenoxy) is 1. The van der Waals surface area contributed by atoms with E-state index in [0.717, 1.165) is 6.07 Å². The first kappa shape index (κ1) is 17.7. The Kier molecular flexibility index (Phi) is 5.59. The first-order chi connectivity index (χ1) is 10.7. The second-order valence-electron chi connectivity index (χ2n) is 5.31. The molecule has 0 saturated carbocycles. The molecule has 0 aromatic heterocycles. The number of hydrogen-bond donors (Lipinski definition) is 1. The van der Waals surface area contributed by atoms with Gasteiger partial charge >= 0.3 is 5.97 Å². The number of hydrogen-bond acceptors (Lipinski definition) is 5. The van der Waals surface area contributed by atoms with Gasteiger partial charge in [0.2, 0.25) is 0 Å². The summed E-state index contributed by atoms with van der Waals surface area (Å²) in [5.41, 5.74) is 0.277. The molecule has 1 aliphatic rings. The number of sulfone groups is 1. The van der Waals surface area contributed by atoms with Crippen molar-refractivity contribution in [3.8, 4) is 0 Å². The Labute approximate surface area is 137 Å². The predicted molar refractivity (Wildman–Crippen MR) is 82.4 cm³/mol. The summed E-state index contributed by atoms with van der Waals surface area (Å²) in [6.45, 7) is -0.507. The van der Waals surface area contributed by atoms with Crippen molar-refractivity contribution in [3.63, 3.8) is 0 Å². The van der Waals surface area contributed by atoms with E-state index in [1.807, 2.05) is 0 Å². The lowest BCUT2D eigenvalue weighted by molar-refractivity contribution is -0.148. The molecule has 23 heavy (non-hydrogen) atoms. The largest absolute Gasteiger partial charge is 0.456 e. The van der Waals surface area contributed by atoms with Gasteiger partial charge in [-0.25, -0.2) is 12.8 Å². The molecule has 1 aromatic rings. The highest BCUT2D eigenvalue weighted by molar-refractivity contribution is 7.91. The maximum atomic E-state index is 13.0. The number of nitrogens with one attached hydrogen (secondary N) is 1. The quantitative estimate of drug-likeness (QED) is 0.805. The highest BCUT2D eigenvalue weighted by atomic mass is 35.5. The molecule has 9 heteroatoms. The van der Waals surface area contributed by atoms with E-state index in [4.69, 9.17) is 16.3 Å². The third-order valence-electron chi connectivity index (χ3n) is 3.35. The molecule has 1 atom stereocenters. The Balaban J connectivity index is 1.75. The fourth-order valence-corrected chi connectivity index (χ4v) is 4.29.